The van der Waals surface area contributed by atoms with E-state index in [1.54, 1.807) is 0 Å². The van der Waals surface area contributed by atoms with E-state index >= 15 is 0 Å². The van der Waals surface area contributed by atoms with Crippen molar-refractivity contribution >= 4 is 57.2 Å². The lowest BCUT2D eigenvalue weighted by Crippen LogP contribution is -2.61. The smallest absolute Gasteiger partial charge is 0.252 e. The number of hydrogen-bond acceptors (Lipinski definition) is 2. The largest absolute Gasteiger partial charge is 0.311 e. The first-order valence-corrected chi connectivity index (χ1v) is 23.9. The lowest BCUT2D eigenvalue weighted by atomic mass is 9.33. The molecule has 8 rings (SSSR count). The van der Waals surface area contributed by atoms with E-state index in [1.165, 1.54) is 101 Å². The quantitative estimate of drug-likeness (QED) is 0.163. The van der Waals surface area contributed by atoms with Gasteiger partial charge < -0.3 is 9.80 Å². The highest BCUT2D eigenvalue weighted by Crippen LogP contribution is 2.49. The molecule has 332 valence electrons. The zero-order valence-corrected chi connectivity index (χ0v) is 42.9. The highest BCUT2D eigenvalue weighted by Gasteiger charge is 2.45. The van der Waals surface area contributed by atoms with E-state index in [1.807, 2.05) is 0 Å². The van der Waals surface area contributed by atoms with Crippen LogP contribution in [-0.4, -0.2) is 6.71 Å². The zero-order chi connectivity index (χ0) is 46.9. The second-order valence-electron chi connectivity index (χ2n) is 25.4. The molecule has 0 aromatic heterocycles. The Hall–Kier alpha value is -5.02. The topological polar surface area (TPSA) is 6.48 Å². The normalized spacial score (nSPS) is 14.4. The molecule has 2 aliphatic heterocycles. The molecule has 0 radical (unpaired) electrons. The van der Waals surface area contributed by atoms with Gasteiger partial charge in [0.05, 0.1) is 5.69 Å². The molecule has 2 heterocycles. The van der Waals surface area contributed by atoms with Crippen LogP contribution in [0.1, 0.15) is 164 Å². The molecule has 6 aromatic rings. The SMILES string of the molecule is Cc1cc2c3c(c1)N(c1ccc(C(C)(C)C)cc1-c1ccc(C(C)(C)C)c(C(C)(C)C)c1)c1ccc(C(C)(C)C)cc1B3c1cc(C(C)(C)C)ccc1N2c1ccc(C(C)(C)C)cc1. The van der Waals surface area contributed by atoms with Crippen LogP contribution in [0.4, 0.5) is 34.1 Å². The van der Waals surface area contributed by atoms with Crippen molar-refractivity contribution in [3.05, 3.63) is 148 Å². The molecule has 0 saturated carbocycles. The molecule has 0 atom stereocenters. The molecule has 0 fully saturated rings. The van der Waals surface area contributed by atoms with E-state index in [-0.39, 0.29) is 39.2 Å². The monoisotopic (exact) mass is 847 g/mol. The molecule has 0 bridgehead atoms. The minimum absolute atomic E-state index is 0.0143. The summed E-state index contributed by atoms with van der Waals surface area (Å²) in [6.07, 6.45) is 0. The highest BCUT2D eigenvalue weighted by molar-refractivity contribution is 7.00. The molecular weight excluding hydrogens is 771 g/mol. The number of rotatable bonds is 3. The second-order valence-corrected chi connectivity index (χ2v) is 25.4. The van der Waals surface area contributed by atoms with E-state index in [2.05, 4.69) is 251 Å². The van der Waals surface area contributed by atoms with Gasteiger partial charge in [-0.1, -0.05) is 185 Å². The van der Waals surface area contributed by atoms with Crippen LogP contribution in [0.3, 0.4) is 0 Å². The van der Waals surface area contributed by atoms with E-state index in [9.17, 15) is 0 Å². The third kappa shape index (κ3) is 8.05. The van der Waals surface area contributed by atoms with E-state index in [0.717, 1.165) is 0 Å². The summed E-state index contributed by atoms with van der Waals surface area (Å²) >= 11 is 0. The highest BCUT2D eigenvalue weighted by atomic mass is 15.2. The van der Waals surface area contributed by atoms with Crippen LogP contribution in [0.5, 0.6) is 0 Å². The summed E-state index contributed by atoms with van der Waals surface area (Å²) in [5.74, 6) is 0. The van der Waals surface area contributed by atoms with Crippen LogP contribution < -0.4 is 26.2 Å². The Morgan fingerprint density at radius 2 is 0.766 bits per heavy atom. The van der Waals surface area contributed by atoms with Crippen molar-refractivity contribution in [3.63, 3.8) is 0 Å². The van der Waals surface area contributed by atoms with Crippen molar-refractivity contribution < 1.29 is 0 Å². The summed E-state index contributed by atoms with van der Waals surface area (Å²) in [4.78, 5) is 5.21. The van der Waals surface area contributed by atoms with Crippen molar-refractivity contribution in [3.8, 4) is 11.1 Å². The summed E-state index contributed by atoms with van der Waals surface area (Å²) in [7, 11) is 0. The minimum Gasteiger partial charge on any atom is -0.311 e. The van der Waals surface area contributed by atoms with Crippen molar-refractivity contribution in [2.45, 2.75) is 164 Å². The molecule has 0 N–H and O–H groups in total. The Bertz CT molecular complexity index is 2780. The van der Waals surface area contributed by atoms with Crippen LogP contribution in [0.15, 0.2) is 109 Å². The predicted molar refractivity (Wildman–Crippen MR) is 283 cm³/mol. The third-order valence-electron chi connectivity index (χ3n) is 14.0. The molecule has 0 aliphatic carbocycles. The van der Waals surface area contributed by atoms with Gasteiger partial charge in [-0.05, 0) is 149 Å². The average molecular weight is 847 g/mol. The number of fused-ring (bicyclic) bond motifs is 4. The fourth-order valence-electron chi connectivity index (χ4n) is 10.1. The fraction of sp³-hybridized carbons (Fsp3) is 0.410. The lowest BCUT2D eigenvalue weighted by Gasteiger charge is -2.45. The molecule has 2 nitrogen and oxygen atoms in total. The van der Waals surface area contributed by atoms with Crippen molar-refractivity contribution in [1.82, 2.24) is 0 Å². The van der Waals surface area contributed by atoms with Gasteiger partial charge in [-0.3, -0.25) is 0 Å². The fourth-order valence-corrected chi connectivity index (χ4v) is 10.1. The summed E-state index contributed by atoms with van der Waals surface area (Å²) in [6, 6.07) is 43.7. The molecule has 6 aromatic carbocycles. The van der Waals surface area contributed by atoms with Gasteiger partial charge in [0, 0.05) is 34.0 Å². The summed E-state index contributed by atoms with van der Waals surface area (Å²) in [6.45, 7) is 44.5. The molecule has 0 amide bonds. The Labute approximate surface area is 388 Å². The summed E-state index contributed by atoms with van der Waals surface area (Å²) < 4.78 is 0. The number of benzene rings is 6. The Balaban J connectivity index is 1.50. The molecule has 64 heavy (non-hydrogen) atoms. The Morgan fingerprint density at radius 3 is 1.23 bits per heavy atom. The van der Waals surface area contributed by atoms with Crippen molar-refractivity contribution in [2.24, 2.45) is 0 Å². The van der Waals surface area contributed by atoms with Gasteiger partial charge in [0.25, 0.3) is 6.71 Å². The third-order valence-corrected chi connectivity index (χ3v) is 14.0. The molecule has 0 saturated heterocycles. The standard InChI is InChI=1S/C61H75BN2/c1-38-32-53-55-54(33-38)64(50-29-23-41(57(5,6)7)35-45(50)39-20-28-46(60(14,15)16)47(34-39)61(17,18)19)52-31-25-43(59(11,12)13)37-49(52)62(55)48-36-42(58(8,9)10)24-30-51(48)63(53)44-26-21-40(22-27-44)56(2,3)4/h20-37H,1-19H3. The van der Waals surface area contributed by atoms with Gasteiger partial charge in [-0.2, -0.15) is 0 Å². The van der Waals surface area contributed by atoms with Gasteiger partial charge in [0.2, 0.25) is 0 Å². The van der Waals surface area contributed by atoms with Crippen LogP contribution in [-0.2, 0) is 32.5 Å². The molecular formula is C61H75BN2. The van der Waals surface area contributed by atoms with E-state index < -0.39 is 0 Å². The van der Waals surface area contributed by atoms with Crippen molar-refractivity contribution in [2.75, 3.05) is 9.80 Å². The van der Waals surface area contributed by atoms with Gasteiger partial charge in [-0.15, -0.1) is 0 Å². The van der Waals surface area contributed by atoms with Crippen LogP contribution >= 0.6 is 0 Å². The summed E-state index contributed by atoms with van der Waals surface area (Å²) in [5, 5.41) is 0. The maximum Gasteiger partial charge on any atom is 0.252 e. The van der Waals surface area contributed by atoms with Gasteiger partial charge in [0.15, 0.2) is 0 Å². The number of hydrogen-bond donors (Lipinski definition) is 0. The van der Waals surface area contributed by atoms with Crippen LogP contribution in [0.2, 0.25) is 0 Å². The first-order valence-electron chi connectivity index (χ1n) is 23.9. The first-order chi connectivity index (χ1) is 29.4. The predicted octanol–water partition coefficient (Wildman–Crippen LogP) is 15.5. The number of anilines is 6. The molecule has 3 heteroatoms. The maximum absolute atomic E-state index is 2.64. The summed E-state index contributed by atoms with van der Waals surface area (Å²) in [5.41, 5.74) is 23.5. The maximum atomic E-state index is 2.64. The van der Waals surface area contributed by atoms with Crippen LogP contribution in [0, 0.1) is 6.92 Å². The van der Waals surface area contributed by atoms with Gasteiger partial charge in [-0.25, -0.2) is 0 Å². The first kappa shape index (κ1) is 45.5. The number of nitrogens with zero attached hydrogens (tertiary/aromatic N) is 2. The Morgan fingerprint density at radius 1 is 0.344 bits per heavy atom. The second kappa shape index (κ2) is 15.0. The number of aryl methyl sites for hydroxylation is 1. The molecule has 0 spiro atoms. The van der Waals surface area contributed by atoms with Gasteiger partial charge >= 0.3 is 0 Å². The van der Waals surface area contributed by atoms with E-state index in [0.29, 0.717) is 0 Å². The zero-order valence-electron chi connectivity index (χ0n) is 42.9. The minimum atomic E-state index is -0.0298. The van der Waals surface area contributed by atoms with Gasteiger partial charge in [0.1, 0.15) is 0 Å². The Kier molecular flexibility index (Phi) is 10.7. The molecule has 2 aliphatic rings. The average Bonchev–Trinajstić information content (AvgIpc) is 3.18. The van der Waals surface area contributed by atoms with E-state index in [4.69, 9.17) is 0 Å². The van der Waals surface area contributed by atoms with Crippen molar-refractivity contribution in [1.29, 1.82) is 0 Å². The molecule has 0 unspecified atom stereocenters. The van der Waals surface area contributed by atoms with Crippen LogP contribution in [0.25, 0.3) is 11.1 Å². The lowest BCUT2D eigenvalue weighted by molar-refractivity contribution is 0.530.